The molecule has 4 aromatic carbocycles. The summed E-state index contributed by atoms with van der Waals surface area (Å²) >= 11 is 0. The lowest BCUT2D eigenvalue weighted by Gasteiger charge is -2.41. The smallest absolute Gasteiger partial charge is 0.259 e. The molecule has 10 nitrogen and oxygen atoms in total. The van der Waals surface area contributed by atoms with Gasteiger partial charge in [0, 0.05) is 87.6 Å². The molecule has 1 fully saturated rings. The maximum atomic E-state index is 15.3. The number of sulfonamides is 1. The molecule has 2 amide bonds. The first kappa shape index (κ1) is 36.9. The fraction of sp³-hybridized carbons (Fsp3) is 0.318. The fourth-order valence-corrected chi connectivity index (χ4v) is 9.71. The molecule has 3 aliphatic rings. The molecule has 4 heterocycles. The van der Waals surface area contributed by atoms with Gasteiger partial charge in [0.05, 0.1) is 23.7 Å². The summed E-state index contributed by atoms with van der Waals surface area (Å²) in [5.41, 5.74) is 8.30. The molecular formula is C44H47N5O5S. The number of rotatable bonds is 8. The molecule has 1 atom stereocenters. The quantitative estimate of drug-likeness (QED) is 0.195. The van der Waals surface area contributed by atoms with Crippen LogP contribution in [0, 0.1) is 6.92 Å². The summed E-state index contributed by atoms with van der Waals surface area (Å²) in [5.74, 6) is -0.252. The third-order valence-corrected chi connectivity index (χ3v) is 13.5. The maximum Gasteiger partial charge on any atom is 0.259 e. The van der Waals surface area contributed by atoms with Gasteiger partial charge in [-0.2, -0.15) is 4.31 Å². The minimum absolute atomic E-state index is 0.0776. The molecule has 5 aromatic rings. The van der Waals surface area contributed by atoms with E-state index in [4.69, 9.17) is 4.74 Å². The second-order valence-corrected chi connectivity index (χ2v) is 16.8. The van der Waals surface area contributed by atoms with Crippen LogP contribution in [0.25, 0.3) is 11.3 Å². The van der Waals surface area contributed by atoms with E-state index in [0.717, 1.165) is 65.4 Å². The van der Waals surface area contributed by atoms with Crippen molar-refractivity contribution in [1.29, 1.82) is 0 Å². The number of ether oxygens (including phenoxy) is 1. The SMILES string of the molecule is Cc1c(C(=O)N(C)c2ccccc2)cc(-c2cc3c(cc2C(=O)N2Cc4ccccc4C[C@H]2CN2CCOCC2)CN(S(=O)(=O)c2ccccc2)CC3)n1C. The Hall–Kier alpha value is -5.07. The highest BCUT2D eigenvalue weighted by atomic mass is 32.2. The third kappa shape index (κ3) is 7.13. The van der Waals surface area contributed by atoms with Gasteiger partial charge >= 0.3 is 0 Å². The average molecular weight is 758 g/mol. The van der Waals surface area contributed by atoms with E-state index in [2.05, 4.69) is 29.2 Å². The van der Waals surface area contributed by atoms with Gasteiger partial charge in [-0.15, -0.1) is 0 Å². The van der Waals surface area contributed by atoms with Gasteiger partial charge in [0.2, 0.25) is 10.0 Å². The first-order valence-corrected chi connectivity index (χ1v) is 20.4. The number of para-hydroxylation sites is 1. The van der Waals surface area contributed by atoms with Gasteiger partial charge in [-0.1, -0.05) is 60.7 Å². The van der Waals surface area contributed by atoms with Crippen LogP contribution < -0.4 is 4.90 Å². The van der Waals surface area contributed by atoms with E-state index in [1.165, 1.54) is 9.87 Å². The van der Waals surface area contributed by atoms with Crippen molar-refractivity contribution in [2.45, 2.75) is 43.8 Å². The zero-order valence-corrected chi connectivity index (χ0v) is 32.5. The number of fused-ring (bicyclic) bond motifs is 2. The largest absolute Gasteiger partial charge is 0.379 e. The van der Waals surface area contributed by atoms with E-state index in [1.54, 1.807) is 42.3 Å². The lowest BCUT2D eigenvalue weighted by Crippen LogP contribution is -2.52. The Bertz CT molecular complexity index is 2340. The zero-order chi connectivity index (χ0) is 38.3. The number of aromatic nitrogens is 1. The van der Waals surface area contributed by atoms with Crippen LogP contribution in [0.4, 0.5) is 5.69 Å². The number of benzene rings is 4. The minimum atomic E-state index is -3.75. The number of carbonyl (C=O) groups is 2. The fourth-order valence-electron chi connectivity index (χ4n) is 8.27. The first-order valence-electron chi connectivity index (χ1n) is 19.0. The van der Waals surface area contributed by atoms with Crippen LogP contribution in [-0.2, 0) is 47.7 Å². The molecule has 0 unspecified atom stereocenters. The summed E-state index contributed by atoms with van der Waals surface area (Å²) in [5, 5.41) is 0. The van der Waals surface area contributed by atoms with E-state index in [0.29, 0.717) is 43.9 Å². The van der Waals surface area contributed by atoms with Gasteiger partial charge in [-0.3, -0.25) is 14.5 Å². The minimum Gasteiger partial charge on any atom is -0.379 e. The van der Waals surface area contributed by atoms with Crippen molar-refractivity contribution >= 4 is 27.5 Å². The molecule has 0 N–H and O–H groups in total. The highest BCUT2D eigenvalue weighted by Crippen LogP contribution is 2.37. The van der Waals surface area contributed by atoms with Crippen molar-refractivity contribution in [3.63, 3.8) is 0 Å². The van der Waals surface area contributed by atoms with Gasteiger partial charge in [-0.25, -0.2) is 8.42 Å². The van der Waals surface area contributed by atoms with Gasteiger partial charge in [-0.05, 0) is 84.5 Å². The molecule has 1 saturated heterocycles. The predicted molar refractivity (Wildman–Crippen MR) is 214 cm³/mol. The number of hydrogen-bond donors (Lipinski definition) is 0. The Morgan fingerprint density at radius 3 is 2.18 bits per heavy atom. The molecule has 3 aliphatic heterocycles. The Morgan fingerprint density at radius 2 is 1.45 bits per heavy atom. The van der Waals surface area contributed by atoms with Crippen LogP contribution in [0.5, 0.6) is 0 Å². The summed E-state index contributed by atoms with van der Waals surface area (Å²) in [6.45, 7) is 6.56. The van der Waals surface area contributed by atoms with Gasteiger partial charge < -0.3 is 19.1 Å². The number of hydrogen-bond acceptors (Lipinski definition) is 6. The second-order valence-electron chi connectivity index (χ2n) is 14.8. The van der Waals surface area contributed by atoms with Crippen LogP contribution in [0.2, 0.25) is 0 Å². The normalized spacial score (nSPS) is 17.7. The molecule has 0 radical (unpaired) electrons. The van der Waals surface area contributed by atoms with Crippen LogP contribution in [0.3, 0.4) is 0 Å². The lowest BCUT2D eigenvalue weighted by atomic mass is 9.89. The van der Waals surface area contributed by atoms with Gasteiger partial charge in [0.15, 0.2) is 0 Å². The summed E-state index contributed by atoms with van der Waals surface area (Å²) in [6, 6.07) is 32.2. The molecular weight excluding hydrogens is 711 g/mol. The molecule has 0 aliphatic carbocycles. The van der Waals surface area contributed by atoms with Crippen LogP contribution in [-0.4, -0.2) is 91.4 Å². The Labute approximate surface area is 323 Å². The average Bonchev–Trinajstić information content (AvgIpc) is 3.52. The molecule has 0 spiro atoms. The number of morpholine rings is 1. The van der Waals surface area contributed by atoms with Crippen molar-refractivity contribution < 1.29 is 22.7 Å². The molecule has 8 rings (SSSR count). The number of anilines is 1. The monoisotopic (exact) mass is 757 g/mol. The van der Waals surface area contributed by atoms with Crippen molar-refractivity contribution in [3.05, 3.63) is 142 Å². The summed E-state index contributed by atoms with van der Waals surface area (Å²) < 4.78 is 36.8. The molecule has 0 saturated carbocycles. The molecule has 11 heteroatoms. The summed E-state index contributed by atoms with van der Waals surface area (Å²) in [4.78, 5) is 35.6. The van der Waals surface area contributed by atoms with Crippen molar-refractivity contribution in [3.8, 4) is 11.3 Å². The first-order chi connectivity index (χ1) is 26.6. The molecule has 0 bridgehead atoms. The molecule has 1 aromatic heterocycles. The molecule has 55 heavy (non-hydrogen) atoms. The Kier molecular flexibility index (Phi) is 10.2. The molecule has 284 valence electrons. The predicted octanol–water partition coefficient (Wildman–Crippen LogP) is 5.92. The van der Waals surface area contributed by atoms with Crippen molar-refractivity contribution in [1.82, 2.24) is 18.7 Å². The van der Waals surface area contributed by atoms with E-state index in [1.807, 2.05) is 72.0 Å². The van der Waals surface area contributed by atoms with E-state index < -0.39 is 10.0 Å². The lowest BCUT2D eigenvalue weighted by molar-refractivity contribution is 0.0193. The highest BCUT2D eigenvalue weighted by molar-refractivity contribution is 7.89. The third-order valence-electron chi connectivity index (χ3n) is 11.6. The van der Waals surface area contributed by atoms with Crippen LogP contribution in [0.15, 0.2) is 108 Å². The van der Waals surface area contributed by atoms with Gasteiger partial charge in [0.1, 0.15) is 0 Å². The van der Waals surface area contributed by atoms with E-state index in [-0.39, 0.29) is 29.3 Å². The maximum absolute atomic E-state index is 15.3. The van der Waals surface area contributed by atoms with E-state index >= 15 is 4.79 Å². The second kappa shape index (κ2) is 15.2. The van der Waals surface area contributed by atoms with E-state index in [9.17, 15) is 13.2 Å². The van der Waals surface area contributed by atoms with Crippen molar-refractivity contribution in [2.75, 3.05) is 51.3 Å². The Balaban J connectivity index is 1.22. The number of amides is 2. The number of carbonyl (C=O) groups excluding carboxylic acids is 2. The topological polar surface area (TPSA) is 95.4 Å². The summed E-state index contributed by atoms with van der Waals surface area (Å²) in [6.07, 6.45) is 1.22. The summed E-state index contributed by atoms with van der Waals surface area (Å²) in [7, 11) is -0.0447. The van der Waals surface area contributed by atoms with Crippen molar-refractivity contribution in [2.24, 2.45) is 7.05 Å². The highest BCUT2D eigenvalue weighted by Gasteiger charge is 2.36. The Morgan fingerprint density at radius 1 is 0.782 bits per heavy atom. The van der Waals surface area contributed by atoms with Crippen LogP contribution in [0.1, 0.15) is 48.7 Å². The zero-order valence-electron chi connectivity index (χ0n) is 31.6. The number of nitrogens with zero attached hydrogens (tertiary/aromatic N) is 5. The van der Waals surface area contributed by atoms with Crippen LogP contribution >= 0.6 is 0 Å². The van der Waals surface area contributed by atoms with Gasteiger partial charge in [0.25, 0.3) is 11.8 Å². The standard InChI is InChI=1S/C44H47N5O5S/c1-31-39(43(50)46(3)36-14-6-4-7-15-36)27-42(45(31)2)40-25-33-18-19-48(55(52,53)38-16-8-5-9-17-38)28-35(33)26-41(40)44(51)49-29-34-13-11-10-12-32(34)24-37(49)30-47-20-22-54-23-21-47/h4-17,25-27,37H,18-24,28-30H2,1-3H3/t37-/m0/s1.